The van der Waals surface area contributed by atoms with E-state index in [4.69, 9.17) is 0 Å². The van der Waals surface area contributed by atoms with Gasteiger partial charge in [-0.15, -0.1) is 10.2 Å². The van der Waals surface area contributed by atoms with Crippen LogP contribution in [0.25, 0.3) is 10.8 Å². The van der Waals surface area contributed by atoms with Crippen molar-refractivity contribution in [3.8, 4) is 0 Å². The van der Waals surface area contributed by atoms with Crippen molar-refractivity contribution in [2.75, 3.05) is 23.7 Å². The topological polar surface area (TPSA) is 91.8 Å². The monoisotopic (exact) mass is 398 g/mol. The summed E-state index contributed by atoms with van der Waals surface area (Å²) < 4.78 is 0. The number of carbonyl (C=O) groups is 1. The van der Waals surface area contributed by atoms with Gasteiger partial charge in [0.15, 0.2) is 5.82 Å². The highest BCUT2D eigenvalue weighted by Gasteiger charge is 2.06. The molecule has 0 aliphatic carbocycles. The van der Waals surface area contributed by atoms with Gasteiger partial charge < -0.3 is 16.0 Å². The molecule has 150 valence electrons. The highest BCUT2D eigenvalue weighted by Crippen LogP contribution is 2.18. The van der Waals surface area contributed by atoms with Crippen molar-refractivity contribution < 1.29 is 4.79 Å². The van der Waals surface area contributed by atoms with Crippen LogP contribution in [0.1, 0.15) is 5.56 Å². The van der Waals surface area contributed by atoms with Crippen molar-refractivity contribution in [2.45, 2.75) is 6.42 Å². The molecule has 2 aromatic heterocycles. The number of amides is 1. The third kappa shape index (κ3) is 5.08. The lowest BCUT2D eigenvalue weighted by atomic mass is 10.0. The van der Waals surface area contributed by atoms with Gasteiger partial charge >= 0.3 is 0 Å². The second kappa shape index (κ2) is 9.47. The Bertz CT molecular complexity index is 1110. The van der Waals surface area contributed by atoms with Crippen LogP contribution in [0.4, 0.5) is 17.5 Å². The van der Waals surface area contributed by atoms with Crippen LogP contribution in [-0.2, 0) is 11.2 Å². The standard InChI is InChI=1S/C23H22N6O/c30-23(16-18-8-5-7-17-6-1-2-9-19(17)18)26-15-14-25-21-11-12-22(29-28-21)27-20-10-3-4-13-24-20/h1-13H,14-16H2,(H,25,28)(H,26,30)(H,24,27,29). The van der Waals surface area contributed by atoms with Crippen LogP contribution in [0, 0.1) is 0 Å². The maximum atomic E-state index is 12.3. The summed E-state index contributed by atoms with van der Waals surface area (Å²) in [6.45, 7) is 1.06. The Morgan fingerprint density at radius 2 is 1.57 bits per heavy atom. The number of pyridine rings is 1. The smallest absolute Gasteiger partial charge is 0.224 e. The van der Waals surface area contributed by atoms with Gasteiger partial charge in [0.05, 0.1) is 6.42 Å². The van der Waals surface area contributed by atoms with Gasteiger partial charge in [-0.05, 0) is 40.6 Å². The number of nitrogens with one attached hydrogen (secondary N) is 3. The Hall–Kier alpha value is -4.00. The van der Waals surface area contributed by atoms with E-state index in [9.17, 15) is 4.79 Å². The second-order valence-electron chi connectivity index (χ2n) is 6.74. The summed E-state index contributed by atoms with van der Waals surface area (Å²) in [5, 5.41) is 19.7. The Morgan fingerprint density at radius 1 is 0.767 bits per heavy atom. The van der Waals surface area contributed by atoms with Crippen LogP contribution in [0.5, 0.6) is 0 Å². The maximum absolute atomic E-state index is 12.3. The predicted octanol–water partition coefficient (Wildman–Crippen LogP) is 3.54. The number of nitrogens with zero attached hydrogens (tertiary/aromatic N) is 3. The van der Waals surface area contributed by atoms with Crippen LogP contribution in [0.15, 0.2) is 79.0 Å². The quantitative estimate of drug-likeness (QED) is 0.393. The molecule has 0 aliphatic heterocycles. The van der Waals surface area contributed by atoms with Gasteiger partial charge in [0.2, 0.25) is 5.91 Å². The molecule has 7 heteroatoms. The van der Waals surface area contributed by atoms with E-state index in [-0.39, 0.29) is 5.91 Å². The molecule has 2 aromatic carbocycles. The summed E-state index contributed by atoms with van der Waals surface area (Å²) in [4.78, 5) is 16.5. The zero-order valence-electron chi connectivity index (χ0n) is 16.4. The summed E-state index contributed by atoms with van der Waals surface area (Å²) in [6, 6.07) is 23.4. The Morgan fingerprint density at radius 3 is 2.40 bits per heavy atom. The third-order valence-electron chi connectivity index (χ3n) is 4.57. The molecule has 0 aliphatic rings. The molecule has 4 rings (SSSR count). The van der Waals surface area contributed by atoms with E-state index in [1.54, 1.807) is 6.20 Å². The summed E-state index contributed by atoms with van der Waals surface area (Å²) >= 11 is 0. The minimum absolute atomic E-state index is 0.00542. The van der Waals surface area contributed by atoms with Gasteiger partial charge in [-0.1, -0.05) is 48.5 Å². The Labute approximate surface area is 174 Å². The highest BCUT2D eigenvalue weighted by molar-refractivity contribution is 5.90. The van der Waals surface area contributed by atoms with Gasteiger partial charge in [0.25, 0.3) is 0 Å². The van der Waals surface area contributed by atoms with E-state index >= 15 is 0 Å². The SMILES string of the molecule is O=C(Cc1cccc2ccccc12)NCCNc1ccc(Nc2ccccn2)nn1. The maximum Gasteiger partial charge on any atom is 0.224 e. The fourth-order valence-corrected chi connectivity index (χ4v) is 3.14. The molecule has 0 saturated carbocycles. The molecule has 30 heavy (non-hydrogen) atoms. The molecule has 1 amide bonds. The zero-order chi connectivity index (χ0) is 20.6. The van der Waals surface area contributed by atoms with E-state index in [1.807, 2.05) is 60.7 Å². The van der Waals surface area contributed by atoms with Crippen LogP contribution in [0.3, 0.4) is 0 Å². The first-order valence-corrected chi connectivity index (χ1v) is 9.77. The molecule has 2 heterocycles. The molecule has 0 radical (unpaired) electrons. The Balaban J connectivity index is 1.22. The molecule has 0 saturated heterocycles. The third-order valence-corrected chi connectivity index (χ3v) is 4.57. The van der Waals surface area contributed by atoms with Gasteiger partial charge in [-0.3, -0.25) is 4.79 Å². The largest absolute Gasteiger partial charge is 0.367 e. The number of aromatic nitrogens is 3. The molecular weight excluding hydrogens is 376 g/mol. The molecule has 0 fully saturated rings. The first-order chi connectivity index (χ1) is 14.8. The summed E-state index contributed by atoms with van der Waals surface area (Å²) in [6.07, 6.45) is 2.06. The van der Waals surface area contributed by atoms with Crippen LogP contribution in [-0.4, -0.2) is 34.2 Å². The summed E-state index contributed by atoms with van der Waals surface area (Å²) in [7, 11) is 0. The fourth-order valence-electron chi connectivity index (χ4n) is 3.14. The minimum atomic E-state index is -0.00542. The molecule has 0 bridgehead atoms. The van der Waals surface area contributed by atoms with E-state index in [2.05, 4.69) is 43.3 Å². The number of hydrogen-bond donors (Lipinski definition) is 3. The number of fused-ring (bicyclic) bond motifs is 1. The number of rotatable bonds is 8. The average Bonchev–Trinajstić information content (AvgIpc) is 2.79. The average molecular weight is 398 g/mol. The molecule has 0 atom stereocenters. The summed E-state index contributed by atoms with van der Waals surface area (Å²) in [5.74, 6) is 1.96. The first kappa shape index (κ1) is 19.3. The normalized spacial score (nSPS) is 10.5. The van der Waals surface area contributed by atoms with Crippen molar-refractivity contribution in [3.05, 3.63) is 84.6 Å². The van der Waals surface area contributed by atoms with Gasteiger partial charge in [-0.2, -0.15) is 0 Å². The van der Waals surface area contributed by atoms with E-state index in [0.29, 0.717) is 37.0 Å². The molecule has 7 nitrogen and oxygen atoms in total. The lowest BCUT2D eigenvalue weighted by Gasteiger charge is -2.09. The van der Waals surface area contributed by atoms with Crippen LogP contribution < -0.4 is 16.0 Å². The molecule has 4 aromatic rings. The molecule has 0 spiro atoms. The lowest BCUT2D eigenvalue weighted by Crippen LogP contribution is -2.30. The zero-order valence-corrected chi connectivity index (χ0v) is 16.4. The first-order valence-electron chi connectivity index (χ1n) is 9.77. The minimum Gasteiger partial charge on any atom is -0.367 e. The van der Waals surface area contributed by atoms with Crippen molar-refractivity contribution in [2.24, 2.45) is 0 Å². The van der Waals surface area contributed by atoms with Crippen molar-refractivity contribution >= 4 is 34.1 Å². The van der Waals surface area contributed by atoms with Gasteiger partial charge in [0.1, 0.15) is 11.6 Å². The van der Waals surface area contributed by atoms with Gasteiger partial charge in [0, 0.05) is 19.3 Å². The number of anilines is 3. The van der Waals surface area contributed by atoms with Crippen molar-refractivity contribution in [3.63, 3.8) is 0 Å². The highest BCUT2D eigenvalue weighted by atomic mass is 16.1. The number of carbonyl (C=O) groups excluding carboxylic acids is 1. The number of benzene rings is 2. The molecule has 0 unspecified atom stereocenters. The van der Waals surface area contributed by atoms with Crippen molar-refractivity contribution in [1.29, 1.82) is 0 Å². The van der Waals surface area contributed by atoms with Crippen LogP contribution >= 0.6 is 0 Å². The lowest BCUT2D eigenvalue weighted by molar-refractivity contribution is -0.120. The van der Waals surface area contributed by atoms with E-state index < -0.39 is 0 Å². The second-order valence-corrected chi connectivity index (χ2v) is 6.74. The van der Waals surface area contributed by atoms with E-state index in [1.165, 1.54) is 0 Å². The molecular formula is C23H22N6O. The molecule has 3 N–H and O–H groups in total. The fraction of sp³-hybridized carbons (Fsp3) is 0.130. The van der Waals surface area contributed by atoms with E-state index in [0.717, 1.165) is 16.3 Å². The predicted molar refractivity (Wildman–Crippen MR) is 119 cm³/mol. The van der Waals surface area contributed by atoms with Gasteiger partial charge in [-0.25, -0.2) is 4.98 Å². The summed E-state index contributed by atoms with van der Waals surface area (Å²) in [5.41, 5.74) is 1.03. The van der Waals surface area contributed by atoms with Crippen molar-refractivity contribution in [1.82, 2.24) is 20.5 Å². The Kier molecular flexibility index (Phi) is 6.10. The number of hydrogen-bond acceptors (Lipinski definition) is 6. The van der Waals surface area contributed by atoms with Crippen LogP contribution in [0.2, 0.25) is 0 Å².